The van der Waals surface area contributed by atoms with Gasteiger partial charge in [-0.1, -0.05) is 15.9 Å². The predicted octanol–water partition coefficient (Wildman–Crippen LogP) is 2.76. The van der Waals surface area contributed by atoms with Gasteiger partial charge in [0.1, 0.15) is 0 Å². The quantitative estimate of drug-likeness (QED) is 0.554. The van der Waals surface area contributed by atoms with Crippen LogP contribution in [0.25, 0.3) is 0 Å². The maximum Gasteiger partial charge on any atom is 0.181 e. The molecule has 0 radical (unpaired) electrons. The average Bonchev–Trinajstić information content (AvgIpc) is 2.05. The van der Waals surface area contributed by atoms with Crippen molar-refractivity contribution in [2.24, 2.45) is 0 Å². The van der Waals surface area contributed by atoms with Crippen molar-refractivity contribution in [1.29, 1.82) is 0 Å². The lowest BCUT2D eigenvalue weighted by Crippen LogP contribution is -2.26. The Morgan fingerprint density at radius 2 is 2.25 bits per heavy atom. The lowest BCUT2D eigenvalue weighted by molar-refractivity contribution is 1.34. The number of hydrogen-bond acceptors (Lipinski definition) is 2. The maximum absolute atomic E-state index is 4.96. The topological polar surface area (TPSA) is 24.1 Å². The summed E-state index contributed by atoms with van der Waals surface area (Å²) in [5, 5.41) is 3.73. The van der Waals surface area contributed by atoms with Crippen LogP contribution in [0.1, 0.15) is 0 Å². The molecule has 0 fully saturated rings. The number of halogens is 1. The summed E-state index contributed by atoms with van der Waals surface area (Å²) in [6.45, 7) is 0. The molecule has 1 aromatic carbocycles. The van der Waals surface area contributed by atoms with E-state index in [1.54, 1.807) is 0 Å². The Morgan fingerprint density at radius 1 is 1.42 bits per heavy atom. The first-order valence-corrected chi connectivity index (χ1v) is 5.31. The zero-order valence-corrected chi connectivity index (χ0v) is 9.15. The molecule has 12 heavy (non-hydrogen) atoms. The minimum absolute atomic E-state index is 0.662. The Labute approximate surface area is 88.4 Å². The molecule has 1 aromatic rings. The van der Waals surface area contributed by atoms with Crippen LogP contribution in [0.3, 0.4) is 0 Å². The van der Waals surface area contributed by atoms with Crippen molar-refractivity contribution < 1.29 is 0 Å². The van der Waals surface area contributed by atoms with Crippen molar-refractivity contribution in [3.05, 3.63) is 22.7 Å². The summed E-state index contributed by atoms with van der Waals surface area (Å²) >= 11 is 9.89. The highest BCUT2D eigenvalue weighted by atomic mass is 79.9. The molecule has 2 N–H and O–H groups in total. The highest BCUT2D eigenvalue weighted by molar-refractivity contribution is 9.10. The van der Waals surface area contributed by atoms with Crippen LogP contribution in [0.5, 0.6) is 0 Å². The van der Waals surface area contributed by atoms with Crippen molar-refractivity contribution in [3.8, 4) is 0 Å². The number of thiocarbonyl (C=S) groups is 1. The van der Waals surface area contributed by atoms with Crippen molar-refractivity contribution in [3.63, 3.8) is 0 Å². The van der Waals surface area contributed by atoms with Gasteiger partial charge in [0.15, 0.2) is 5.11 Å². The Kier molecular flexibility index (Phi) is 2.25. The number of hydrogen-bond donors (Lipinski definition) is 2. The van der Waals surface area contributed by atoms with E-state index in [-0.39, 0.29) is 0 Å². The standard InChI is InChI=1S/C7H5BrN2S2/c8-4-1-2-5-6(3-4)12-10-7(11)9-5/h1-3H,(H2,9,10,11). The molecule has 0 saturated heterocycles. The van der Waals surface area contributed by atoms with Gasteiger partial charge in [0.05, 0.1) is 10.6 Å². The lowest BCUT2D eigenvalue weighted by atomic mass is 10.3. The Bertz CT molecular complexity index is 340. The highest BCUT2D eigenvalue weighted by Crippen LogP contribution is 2.31. The van der Waals surface area contributed by atoms with Crippen molar-refractivity contribution in [2.45, 2.75) is 4.90 Å². The summed E-state index contributed by atoms with van der Waals surface area (Å²) in [6.07, 6.45) is 0. The van der Waals surface area contributed by atoms with E-state index in [0.29, 0.717) is 5.11 Å². The third-order valence-corrected chi connectivity index (χ3v) is 3.14. The zero-order valence-electron chi connectivity index (χ0n) is 5.93. The van der Waals surface area contributed by atoms with Gasteiger partial charge in [-0.15, -0.1) is 0 Å². The van der Waals surface area contributed by atoms with Gasteiger partial charge in [-0.05, 0) is 42.4 Å². The molecule has 0 saturated carbocycles. The van der Waals surface area contributed by atoms with E-state index in [4.69, 9.17) is 12.2 Å². The molecule has 0 spiro atoms. The fraction of sp³-hybridized carbons (Fsp3) is 0. The lowest BCUT2D eigenvalue weighted by Gasteiger charge is -2.18. The van der Waals surface area contributed by atoms with Gasteiger partial charge in [0, 0.05) is 4.47 Å². The van der Waals surface area contributed by atoms with Gasteiger partial charge in [0.2, 0.25) is 0 Å². The molecule has 0 bridgehead atoms. The summed E-state index contributed by atoms with van der Waals surface area (Å²) < 4.78 is 4.06. The van der Waals surface area contributed by atoms with Gasteiger partial charge in [-0.25, -0.2) is 0 Å². The van der Waals surface area contributed by atoms with Gasteiger partial charge in [-0.2, -0.15) is 0 Å². The van der Waals surface area contributed by atoms with E-state index in [2.05, 4.69) is 26.0 Å². The van der Waals surface area contributed by atoms with E-state index in [9.17, 15) is 0 Å². The monoisotopic (exact) mass is 260 g/mol. The van der Waals surface area contributed by atoms with Crippen molar-refractivity contribution in [2.75, 3.05) is 5.32 Å². The molecule has 2 rings (SSSR count). The smallest absolute Gasteiger partial charge is 0.181 e. The Hall–Kier alpha value is -0.260. The molecule has 1 heterocycles. The van der Waals surface area contributed by atoms with E-state index in [0.717, 1.165) is 15.1 Å². The molecule has 0 unspecified atom stereocenters. The predicted molar refractivity (Wildman–Crippen MR) is 59.4 cm³/mol. The molecular formula is C7H5BrN2S2. The molecular weight excluding hydrogens is 256 g/mol. The summed E-state index contributed by atoms with van der Waals surface area (Å²) in [5.41, 5.74) is 1.06. The number of benzene rings is 1. The van der Waals surface area contributed by atoms with E-state index < -0.39 is 0 Å². The third kappa shape index (κ3) is 1.57. The van der Waals surface area contributed by atoms with Crippen LogP contribution < -0.4 is 10.0 Å². The van der Waals surface area contributed by atoms with E-state index >= 15 is 0 Å². The first-order chi connectivity index (χ1) is 5.75. The molecule has 0 aromatic heterocycles. The second-order valence-corrected chi connectivity index (χ2v) is 4.47. The molecule has 1 aliphatic heterocycles. The van der Waals surface area contributed by atoms with Gasteiger partial charge >= 0.3 is 0 Å². The number of anilines is 1. The van der Waals surface area contributed by atoms with Crippen LogP contribution in [-0.2, 0) is 0 Å². The SMILES string of the molecule is S=C1NSc2cc(Br)ccc2N1. The van der Waals surface area contributed by atoms with Crippen LogP contribution in [0.15, 0.2) is 27.6 Å². The minimum Gasteiger partial charge on any atom is -0.331 e. The minimum atomic E-state index is 0.662. The molecule has 1 aliphatic rings. The highest BCUT2D eigenvalue weighted by Gasteiger charge is 2.11. The molecule has 0 amide bonds. The van der Waals surface area contributed by atoms with Crippen molar-refractivity contribution in [1.82, 2.24) is 4.72 Å². The maximum atomic E-state index is 4.96. The fourth-order valence-corrected chi connectivity index (χ4v) is 2.35. The molecule has 62 valence electrons. The van der Waals surface area contributed by atoms with Crippen LogP contribution in [0, 0.1) is 0 Å². The first kappa shape index (κ1) is 8.34. The largest absolute Gasteiger partial charge is 0.331 e. The van der Waals surface area contributed by atoms with Gasteiger partial charge in [0.25, 0.3) is 0 Å². The van der Waals surface area contributed by atoms with E-state index in [1.165, 1.54) is 11.9 Å². The van der Waals surface area contributed by atoms with Crippen LogP contribution in [0.4, 0.5) is 5.69 Å². The zero-order chi connectivity index (χ0) is 8.55. The number of fused-ring (bicyclic) bond motifs is 1. The van der Waals surface area contributed by atoms with Crippen LogP contribution >= 0.6 is 40.1 Å². The normalized spacial score (nSPS) is 14.6. The van der Waals surface area contributed by atoms with E-state index in [1.807, 2.05) is 18.2 Å². The second kappa shape index (κ2) is 3.24. The third-order valence-electron chi connectivity index (χ3n) is 1.45. The van der Waals surface area contributed by atoms with Crippen molar-refractivity contribution >= 4 is 50.9 Å². The van der Waals surface area contributed by atoms with Crippen LogP contribution in [-0.4, -0.2) is 5.11 Å². The summed E-state index contributed by atoms with van der Waals surface area (Å²) in [7, 11) is 0. The molecule has 2 nitrogen and oxygen atoms in total. The molecule has 0 aliphatic carbocycles. The number of rotatable bonds is 0. The van der Waals surface area contributed by atoms with Gasteiger partial charge in [-0.3, -0.25) is 0 Å². The van der Waals surface area contributed by atoms with Crippen LogP contribution in [0.2, 0.25) is 0 Å². The molecule has 0 atom stereocenters. The fourth-order valence-electron chi connectivity index (χ4n) is 0.933. The second-order valence-electron chi connectivity index (χ2n) is 2.30. The Morgan fingerprint density at radius 3 is 3.08 bits per heavy atom. The summed E-state index contributed by atoms with van der Waals surface area (Å²) in [6, 6.07) is 6.03. The molecule has 5 heteroatoms. The first-order valence-electron chi connectivity index (χ1n) is 3.29. The summed E-state index contributed by atoms with van der Waals surface area (Å²) in [5.74, 6) is 0. The average molecular weight is 261 g/mol. The number of nitrogens with one attached hydrogen (secondary N) is 2. The summed E-state index contributed by atoms with van der Waals surface area (Å²) in [4.78, 5) is 1.15. The van der Waals surface area contributed by atoms with Gasteiger partial charge < -0.3 is 10.0 Å². The Balaban J connectivity index is 2.43.